The van der Waals surface area contributed by atoms with Gasteiger partial charge in [0.15, 0.2) is 0 Å². The highest BCUT2D eigenvalue weighted by atomic mass is 16.5. The molecule has 0 aromatic carbocycles. The monoisotopic (exact) mass is 167 g/mol. The average Bonchev–Trinajstić information content (AvgIpc) is 2.09. The lowest BCUT2D eigenvalue weighted by Crippen LogP contribution is -2.41. The standard InChI is InChI=1S/C9H13NO2/c1-2-3-4-5-10-6-7-12-8-9(10)11/h1H,3-8H2. The molecule has 0 radical (unpaired) electrons. The summed E-state index contributed by atoms with van der Waals surface area (Å²) >= 11 is 0. The number of ether oxygens (including phenoxy) is 1. The van der Waals surface area contributed by atoms with E-state index in [1.165, 1.54) is 0 Å². The van der Waals surface area contributed by atoms with Crippen LogP contribution in [0.3, 0.4) is 0 Å². The van der Waals surface area contributed by atoms with Crippen molar-refractivity contribution in [3.8, 4) is 12.3 Å². The third-order valence-corrected chi connectivity index (χ3v) is 1.83. The van der Waals surface area contributed by atoms with Crippen LogP contribution >= 0.6 is 0 Å². The lowest BCUT2D eigenvalue weighted by Gasteiger charge is -2.26. The second-order valence-corrected chi connectivity index (χ2v) is 2.74. The molecule has 1 fully saturated rings. The van der Waals surface area contributed by atoms with Crippen molar-refractivity contribution in [2.24, 2.45) is 0 Å². The minimum Gasteiger partial charge on any atom is -0.370 e. The summed E-state index contributed by atoms with van der Waals surface area (Å²) in [6, 6.07) is 0. The van der Waals surface area contributed by atoms with Crippen LogP contribution in [0.25, 0.3) is 0 Å². The van der Waals surface area contributed by atoms with E-state index in [4.69, 9.17) is 11.2 Å². The second kappa shape index (κ2) is 4.78. The fourth-order valence-corrected chi connectivity index (χ4v) is 1.16. The number of carbonyl (C=O) groups is 1. The Kier molecular flexibility index (Phi) is 3.62. The van der Waals surface area contributed by atoms with Crippen LogP contribution in [0.1, 0.15) is 12.8 Å². The fourth-order valence-electron chi connectivity index (χ4n) is 1.16. The number of unbranched alkanes of at least 4 members (excludes halogenated alkanes) is 1. The predicted molar refractivity (Wildman–Crippen MR) is 45.5 cm³/mol. The van der Waals surface area contributed by atoms with Crippen LogP contribution in [0.4, 0.5) is 0 Å². The van der Waals surface area contributed by atoms with Gasteiger partial charge in [0.1, 0.15) is 6.61 Å². The number of rotatable bonds is 3. The molecule has 1 aliphatic heterocycles. The Hall–Kier alpha value is -1.01. The average molecular weight is 167 g/mol. The van der Waals surface area contributed by atoms with E-state index in [1.807, 2.05) is 0 Å². The summed E-state index contributed by atoms with van der Waals surface area (Å²) < 4.78 is 4.99. The number of amides is 1. The molecule has 0 unspecified atom stereocenters. The van der Waals surface area contributed by atoms with E-state index in [0.29, 0.717) is 13.2 Å². The first-order chi connectivity index (χ1) is 5.84. The molecule has 1 saturated heterocycles. The Labute approximate surface area is 72.7 Å². The molecular weight excluding hydrogens is 154 g/mol. The number of hydrogen-bond donors (Lipinski definition) is 0. The summed E-state index contributed by atoms with van der Waals surface area (Å²) in [5, 5.41) is 0. The van der Waals surface area contributed by atoms with E-state index in [2.05, 4.69) is 5.92 Å². The fraction of sp³-hybridized carbons (Fsp3) is 0.667. The van der Waals surface area contributed by atoms with Crippen molar-refractivity contribution in [1.29, 1.82) is 0 Å². The van der Waals surface area contributed by atoms with Gasteiger partial charge in [-0.2, -0.15) is 0 Å². The molecule has 0 saturated carbocycles. The van der Waals surface area contributed by atoms with E-state index in [1.54, 1.807) is 4.90 Å². The van der Waals surface area contributed by atoms with Gasteiger partial charge in [-0.25, -0.2) is 0 Å². The minimum atomic E-state index is 0.0817. The molecule has 1 heterocycles. The van der Waals surface area contributed by atoms with E-state index < -0.39 is 0 Å². The van der Waals surface area contributed by atoms with Gasteiger partial charge in [-0.15, -0.1) is 12.3 Å². The van der Waals surface area contributed by atoms with Crippen LogP contribution in [0.15, 0.2) is 0 Å². The van der Waals surface area contributed by atoms with E-state index in [0.717, 1.165) is 19.4 Å². The Balaban J connectivity index is 2.21. The number of terminal acetylenes is 1. The van der Waals surface area contributed by atoms with Crippen molar-refractivity contribution in [2.75, 3.05) is 26.3 Å². The summed E-state index contributed by atoms with van der Waals surface area (Å²) in [6.45, 7) is 2.37. The first kappa shape index (κ1) is 9.08. The van der Waals surface area contributed by atoms with Crippen LogP contribution in [0, 0.1) is 12.3 Å². The van der Waals surface area contributed by atoms with E-state index in [-0.39, 0.29) is 12.5 Å². The zero-order chi connectivity index (χ0) is 8.81. The van der Waals surface area contributed by atoms with Crippen LogP contribution in [0.2, 0.25) is 0 Å². The Bertz CT molecular complexity index is 195. The van der Waals surface area contributed by atoms with Gasteiger partial charge in [-0.05, 0) is 6.42 Å². The lowest BCUT2D eigenvalue weighted by molar-refractivity contribution is -0.142. The number of nitrogens with zero attached hydrogens (tertiary/aromatic N) is 1. The van der Waals surface area contributed by atoms with Crippen molar-refractivity contribution < 1.29 is 9.53 Å². The highest BCUT2D eigenvalue weighted by Gasteiger charge is 2.16. The smallest absolute Gasteiger partial charge is 0.248 e. The first-order valence-electron chi connectivity index (χ1n) is 4.13. The van der Waals surface area contributed by atoms with Crippen LogP contribution in [0.5, 0.6) is 0 Å². The molecule has 3 nitrogen and oxygen atoms in total. The Morgan fingerprint density at radius 3 is 3.17 bits per heavy atom. The van der Waals surface area contributed by atoms with Gasteiger partial charge < -0.3 is 9.64 Å². The molecule has 0 spiro atoms. The summed E-state index contributed by atoms with van der Waals surface area (Å²) in [5.74, 6) is 2.63. The van der Waals surface area contributed by atoms with Crippen LogP contribution in [-0.4, -0.2) is 37.1 Å². The van der Waals surface area contributed by atoms with Crippen molar-refractivity contribution >= 4 is 5.91 Å². The zero-order valence-electron chi connectivity index (χ0n) is 7.08. The zero-order valence-corrected chi connectivity index (χ0v) is 7.08. The van der Waals surface area contributed by atoms with Gasteiger partial charge in [-0.3, -0.25) is 4.79 Å². The van der Waals surface area contributed by atoms with Gasteiger partial charge in [0.25, 0.3) is 0 Å². The summed E-state index contributed by atoms with van der Waals surface area (Å²) in [5.41, 5.74) is 0. The van der Waals surface area contributed by atoms with E-state index >= 15 is 0 Å². The summed E-state index contributed by atoms with van der Waals surface area (Å²) in [6.07, 6.45) is 6.73. The van der Waals surface area contributed by atoms with Gasteiger partial charge in [0.05, 0.1) is 6.61 Å². The number of morpholine rings is 1. The largest absolute Gasteiger partial charge is 0.370 e. The molecule has 1 rings (SSSR count). The molecule has 3 heteroatoms. The highest BCUT2D eigenvalue weighted by Crippen LogP contribution is 2.00. The molecule has 0 bridgehead atoms. The van der Waals surface area contributed by atoms with Crippen molar-refractivity contribution in [3.05, 3.63) is 0 Å². The van der Waals surface area contributed by atoms with Crippen LogP contribution in [-0.2, 0) is 9.53 Å². The van der Waals surface area contributed by atoms with Gasteiger partial charge in [0.2, 0.25) is 5.91 Å². The maximum absolute atomic E-state index is 11.1. The molecule has 0 aliphatic carbocycles. The van der Waals surface area contributed by atoms with Crippen molar-refractivity contribution in [2.45, 2.75) is 12.8 Å². The molecule has 1 aliphatic rings. The maximum Gasteiger partial charge on any atom is 0.248 e. The van der Waals surface area contributed by atoms with Gasteiger partial charge in [0, 0.05) is 19.5 Å². The molecule has 0 N–H and O–H groups in total. The van der Waals surface area contributed by atoms with Gasteiger partial charge in [-0.1, -0.05) is 0 Å². The number of hydrogen-bond acceptors (Lipinski definition) is 2. The topological polar surface area (TPSA) is 29.5 Å². The molecule has 0 aromatic rings. The maximum atomic E-state index is 11.1. The van der Waals surface area contributed by atoms with E-state index in [9.17, 15) is 4.79 Å². The quantitative estimate of drug-likeness (QED) is 0.445. The molecular formula is C9H13NO2. The highest BCUT2D eigenvalue weighted by molar-refractivity contribution is 5.77. The van der Waals surface area contributed by atoms with Crippen molar-refractivity contribution in [3.63, 3.8) is 0 Å². The van der Waals surface area contributed by atoms with Crippen LogP contribution < -0.4 is 0 Å². The molecule has 0 atom stereocenters. The van der Waals surface area contributed by atoms with Gasteiger partial charge >= 0.3 is 0 Å². The SMILES string of the molecule is C#CCCCN1CCOCC1=O. The first-order valence-corrected chi connectivity index (χ1v) is 4.13. The summed E-state index contributed by atoms with van der Waals surface area (Å²) in [7, 11) is 0. The third kappa shape index (κ3) is 2.55. The minimum absolute atomic E-state index is 0.0817. The second-order valence-electron chi connectivity index (χ2n) is 2.74. The predicted octanol–water partition coefficient (Wildman–Crippen LogP) is 0.259. The molecule has 66 valence electrons. The summed E-state index contributed by atoms with van der Waals surface area (Å²) in [4.78, 5) is 12.9. The molecule has 1 amide bonds. The Morgan fingerprint density at radius 2 is 2.50 bits per heavy atom. The molecule has 12 heavy (non-hydrogen) atoms. The third-order valence-electron chi connectivity index (χ3n) is 1.83. The Morgan fingerprint density at radius 1 is 1.67 bits per heavy atom. The molecule has 0 aromatic heterocycles. The lowest BCUT2D eigenvalue weighted by atomic mass is 10.3. The number of carbonyl (C=O) groups excluding carboxylic acids is 1. The van der Waals surface area contributed by atoms with Crippen molar-refractivity contribution in [1.82, 2.24) is 4.90 Å². The normalized spacial score (nSPS) is 17.6.